The van der Waals surface area contributed by atoms with Crippen molar-refractivity contribution in [2.45, 2.75) is 23.9 Å². The summed E-state index contributed by atoms with van der Waals surface area (Å²) >= 11 is 0. The predicted octanol–water partition coefficient (Wildman–Crippen LogP) is 10.9. The van der Waals surface area contributed by atoms with Gasteiger partial charge in [-0.25, -0.2) is 10.3 Å². The predicted molar refractivity (Wildman–Crippen MR) is 238 cm³/mol. The Bertz CT molecular complexity index is 3000. The zero-order chi connectivity index (χ0) is 39.6. The van der Waals surface area contributed by atoms with Gasteiger partial charge in [0, 0.05) is 22.3 Å². The lowest BCUT2D eigenvalue weighted by Gasteiger charge is -2.40. The molecule has 6 heteroatoms. The van der Waals surface area contributed by atoms with Gasteiger partial charge in [0.05, 0.1) is 11.0 Å². The highest BCUT2D eigenvalue weighted by atomic mass is 16.5. The molecule has 0 aromatic heterocycles. The first-order valence-corrected chi connectivity index (χ1v) is 20.6. The number of amidine groups is 2. The van der Waals surface area contributed by atoms with E-state index in [-0.39, 0.29) is 18.5 Å². The second kappa shape index (κ2) is 13.8. The summed E-state index contributed by atoms with van der Waals surface area (Å²) in [6, 6.07) is 73.4. The van der Waals surface area contributed by atoms with Gasteiger partial charge in [-0.3, -0.25) is 5.32 Å². The lowest BCUT2D eigenvalue weighted by molar-refractivity contribution is -0.531. The number of para-hydroxylation sites is 2. The number of nitrogens with one attached hydrogen (secondary N) is 3. The van der Waals surface area contributed by atoms with Crippen molar-refractivity contribution in [2.24, 2.45) is 4.99 Å². The maximum absolute atomic E-state index is 6.94. The standard InChI is InChI=1S/C54H39N5O/c1-5-17-35(18-6-1)49-55-50(36-19-7-2-8-20-36)57-51(56-49)38-29-31-44-42(33-38)41-25-13-14-26-43(41)54(44)45-27-15-16-28-47(45)60-48-34-39(30-32-46(48)54)53-58-52(37-21-9-3-10-22-37)59(53)40-23-11-4-12-24-40/h1-34,49,51,53,56H,(H,55,57)/p+1. The van der Waals surface area contributed by atoms with Gasteiger partial charge in [0.15, 0.2) is 0 Å². The number of rotatable bonds is 6. The van der Waals surface area contributed by atoms with Gasteiger partial charge in [-0.15, -0.1) is 0 Å². The Labute approximate surface area is 349 Å². The molecule has 3 heterocycles. The molecule has 286 valence electrons. The third kappa shape index (κ3) is 5.31. The fourth-order valence-electron chi connectivity index (χ4n) is 9.82. The smallest absolute Gasteiger partial charge is 0.289 e. The summed E-state index contributed by atoms with van der Waals surface area (Å²) in [6.07, 6.45) is -0.477. The highest BCUT2D eigenvalue weighted by Gasteiger charge is 2.52. The van der Waals surface area contributed by atoms with E-state index in [4.69, 9.17) is 9.73 Å². The SMILES string of the molecule is c1ccc(C2=NC(c3ccc4c(c3)-c3ccccc3C43c4ccccc4Oc4cc(C5NC(c6ccccc6)=[N+]5c5ccccc5)ccc43)NC(c3ccccc3)N2)cc1. The first kappa shape index (κ1) is 34.5. The van der Waals surface area contributed by atoms with Crippen molar-refractivity contribution in [1.82, 2.24) is 16.0 Å². The number of fused-ring (bicyclic) bond motifs is 9. The summed E-state index contributed by atoms with van der Waals surface area (Å²) in [5, 5.41) is 11.3. The fourth-order valence-corrected chi connectivity index (χ4v) is 9.82. The van der Waals surface area contributed by atoms with Gasteiger partial charge in [0.1, 0.15) is 35.4 Å². The van der Waals surface area contributed by atoms with Crippen LogP contribution >= 0.6 is 0 Å². The maximum Gasteiger partial charge on any atom is 0.289 e. The minimum atomic E-state index is -0.590. The van der Waals surface area contributed by atoms with E-state index in [0.29, 0.717) is 0 Å². The topological polar surface area (TPSA) is 60.7 Å². The molecule has 60 heavy (non-hydrogen) atoms. The highest BCUT2D eigenvalue weighted by molar-refractivity contribution is 6.00. The number of nitrogens with zero attached hydrogens (tertiary/aromatic N) is 2. The van der Waals surface area contributed by atoms with Gasteiger partial charge in [0.2, 0.25) is 0 Å². The molecule has 0 amide bonds. The maximum atomic E-state index is 6.94. The molecule has 3 N–H and O–H groups in total. The molecule has 0 bridgehead atoms. The molecule has 4 unspecified atom stereocenters. The Morgan fingerprint density at radius 3 is 1.85 bits per heavy atom. The molecule has 6 nitrogen and oxygen atoms in total. The van der Waals surface area contributed by atoms with Crippen LogP contribution < -0.4 is 20.7 Å². The highest BCUT2D eigenvalue weighted by Crippen LogP contribution is 2.62. The van der Waals surface area contributed by atoms with Crippen LogP contribution in [0.4, 0.5) is 5.69 Å². The Morgan fingerprint density at radius 2 is 1.07 bits per heavy atom. The lowest BCUT2D eigenvalue weighted by atomic mass is 9.66. The molecular formula is C54H40N5O+. The van der Waals surface area contributed by atoms with E-state index in [1.54, 1.807) is 0 Å². The first-order chi connectivity index (χ1) is 29.7. The summed E-state index contributed by atoms with van der Waals surface area (Å²) < 4.78 is 9.33. The van der Waals surface area contributed by atoms with Crippen LogP contribution in [0.5, 0.6) is 11.5 Å². The zero-order valence-electron chi connectivity index (χ0n) is 32.7. The van der Waals surface area contributed by atoms with Gasteiger partial charge in [-0.1, -0.05) is 158 Å². The summed E-state index contributed by atoms with van der Waals surface area (Å²) in [4.78, 5) is 5.31. The second-order valence-electron chi connectivity index (χ2n) is 15.8. The van der Waals surface area contributed by atoms with Crippen LogP contribution in [0.3, 0.4) is 0 Å². The Hall–Kier alpha value is -7.54. The van der Waals surface area contributed by atoms with Crippen LogP contribution in [0.15, 0.2) is 211 Å². The number of hydrogen-bond acceptors (Lipinski definition) is 5. The lowest BCUT2D eigenvalue weighted by Crippen LogP contribution is -2.51. The Kier molecular flexibility index (Phi) is 7.93. The number of benzene rings is 8. The Morgan fingerprint density at radius 1 is 0.467 bits per heavy atom. The van der Waals surface area contributed by atoms with E-state index in [1.165, 1.54) is 22.3 Å². The van der Waals surface area contributed by atoms with Crippen LogP contribution in [-0.2, 0) is 5.41 Å². The average Bonchev–Trinajstić information content (AvgIpc) is 3.59. The average molecular weight is 775 g/mol. The normalized spacial score (nSPS) is 20.6. The van der Waals surface area contributed by atoms with Crippen molar-refractivity contribution in [1.29, 1.82) is 0 Å². The van der Waals surface area contributed by atoms with Crippen LogP contribution in [0, 0.1) is 0 Å². The van der Waals surface area contributed by atoms with Gasteiger partial charge >= 0.3 is 0 Å². The molecule has 0 saturated heterocycles. The Balaban J connectivity index is 1.00. The van der Waals surface area contributed by atoms with Crippen LogP contribution in [0.2, 0.25) is 0 Å². The summed E-state index contributed by atoms with van der Waals surface area (Å²) in [7, 11) is 0. The van der Waals surface area contributed by atoms with Gasteiger partial charge in [-0.2, -0.15) is 4.58 Å². The van der Waals surface area contributed by atoms with E-state index >= 15 is 0 Å². The van der Waals surface area contributed by atoms with E-state index in [2.05, 4.69) is 221 Å². The van der Waals surface area contributed by atoms with Gasteiger partial charge in [0.25, 0.3) is 12.0 Å². The van der Waals surface area contributed by atoms with Crippen molar-refractivity contribution in [3.8, 4) is 22.6 Å². The molecule has 8 aromatic carbocycles. The summed E-state index contributed by atoms with van der Waals surface area (Å²) in [5.74, 6) is 3.69. The van der Waals surface area contributed by atoms with E-state index in [1.807, 2.05) is 6.07 Å². The quantitative estimate of drug-likeness (QED) is 0.147. The zero-order valence-corrected chi connectivity index (χ0v) is 32.7. The first-order valence-electron chi connectivity index (χ1n) is 20.6. The summed E-state index contributed by atoms with van der Waals surface area (Å²) in [6.45, 7) is 0. The molecule has 4 atom stereocenters. The molecule has 1 aliphatic carbocycles. The molecule has 3 aliphatic heterocycles. The van der Waals surface area contributed by atoms with E-state index in [9.17, 15) is 0 Å². The van der Waals surface area contributed by atoms with Crippen LogP contribution in [0.1, 0.15) is 68.6 Å². The molecule has 0 saturated carbocycles. The van der Waals surface area contributed by atoms with Gasteiger partial charge < -0.3 is 10.1 Å². The minimum absolute atomic E-state index is 0.0751. The van der Waals surface area contributed by atoms with Crippen LogP contribution in [0.25, 0.3) is 11.1 Å². The van der Waals surface area contributed by atoms with Crippen molar-refractivity contribution < 1.29 is 9.31 Å². The monoisotopic (exact) mass is 774 g/mol. The van der Waals surface area contributed by atoms with Crippen molar-refractivity contribution in [3.63, 3.8) is 0 Å². The molecule has 12 rings (SSSR count). The number of ether oxygens (including phenoxy) is 1. The van der Waals surface area contributed by atoms with E-state index in [0.717, 1.165) is 67.8 Å². The number of hydrogen-bond donors (Lipinski definition) is 3. The molecule has 4 aliphatic rings. The van der Waals surface area contributed by atoms with Crippen molar-refractivity contribution in [2.75, 3.05) is 0 Å². The molecule has 8 aromatic rings. The summed E-state index contributed by atoms with van der Waals surface area (Å²) in [5.41, 5.74) is 13.3. The second-order valence-corrected chi connectivity index (χ2v) is 15.8. The van der Waals surface area contributed by atoms with Crippen molar-refractivity contribution in [3.05, 3.63) is 256 Å². The molecule has 0 radical (unpaired) electrons. The fraction of sp³-hybridized carbons (Fsp3) is 0.0741. The molecular weight excluding hydrogens is 735 g/mol. The third-order valence-corrected chi connectivity index (χ3v) is 12.5. The van der Waals surface area contributed by atoms with Crippen molar-refractivity contribution >= 4 is 17.4 Å². The number of aliphatic imine (C=N–C) groups is 1. The third-order valence-electron chi connectivity index (χ3n) is 12.5. The largest absolute Gasteiger partial charge is 0.457 e. The van der Waals surface area contributed by atoms with Crippen LogP contribution in [-0.4, -0.2) is 16.2 Å². The minimum Gasteiger partial charge on any atom is -0.457 e. The van der Waals surface area contributed by atoms with Gasteiger partial charge in [-0.05, 0) is 81.9 Å². The molecule has 0 fully saturated rings. The molecule has 1 spiro atoms. The van der Waals surface area contributed by atoms with E-state index < -0.39 is 5.41 Å².